The number of hydrogen-bond acceptors (Lipinski definition) is 7. The van der Waals surface area contributed by atoms with Gasteiger partial charge < -0.3 is 9.73 Å². The van der Waals surface area contributed by atoms with Crippen molar-refractivity contribution in [2.45, 2.75) is 36.3 Å². The van der Waals surface area contributed by atoms with Crippen LogP contribution in [0.5, 0.6) is 0 Å². The third kappa shape index (κ3) is 3.80. The molecule has 1 aliphatic rings. The molecule has 0 saturated heterocycles. The van der Waals surface area contributed by atoms with E-state index in [1.165, 1.54) is 0 Å². The predicted molar refractivity (Wildman–Crippen MR) is 134 cm³/mol. The standard InChI is InChI=1S/C25H21N5O2S2/c1-15-27-28-25(34-15)33-14-19-17-10-5-6-13-21(17)32-22(19)24(31)26-23-18-11-7-12-20(18)29-30(23)16-8-3-2-4-9-16/h2-6,8-10,13H,7,11-12,14H2,1H3,(H,26,31). The lowest BCUT2D eigenvalue weighted by Crippen LogP contribution is -2.17. The van der Waals surface area contributed by atoms with Crippen LogP contribution >= 0.6 is 23.1 Å². The van der Waals surface area contributed by atoms with Gasteiger partial charge in [0.25, 0.3) is 5.91 Å². The van der Waals surface area contributed by atoms with Gasteiger partial charge >= 0.3 is 0 Å². The van der Waals surface area contributed by atoms with Gasteiger partial charge in [0, 0.05) is 22.3 Å². The average molecular weight is 488 g/mol. The molecule has 7 nitrogen and oxygen atoms in total. The Kier molecular flexibility index (Phi) is 5.43. The van der Waals surface area contributed by atoms with Crippen LogP contribution in [0.2, 0.25) is 0 Å². The van der Waals surface area contributed by atoms with E-state index in [4.69, 9.17) is 9.52 Å². The zero-order valence-electron chi connectivity index (χ0n) is 18.4. The predicted octanol–water partition coefficient (Wildman–Crippen LogP) is 5.81. The Morgan fingerprint density at radius 3 is 2.76 bits per heavy atom. The largest absolute Gasteiger partial charge is 0.451 e. The molecule has 0 atom stereocenters. The van der Waals surface area contributed by atoms with Gasteiger partial charge in [-0.2, -0.15) is 5.10 Å². The van der Waals surface area contributed by atoms with E-state index < -0.39 is 0 Å². The molecule has 0 spiro atoms. The molecule has 0 unspecified atom stereocenters. The molecule has 0 radical (unpaired) electrons. The van der Waals surface area contributed by atoms with Crippen LogP contribution < -0.4 is 5.32 Å². The van der Waals surface area contributed by atoms with Gasteiger partial charge in [0.1, 0.15) is 16.4 Å². The molecule has 0 aliphatic heterocycles. The molecule has 2 aromatic carbocycles. The summed E-state index contributed by atoms with van der Waals surface area (Å²) in [5.41, 5.74) is 4.62. The minimum atomic E-state index is -0.271. The average Bonchev–Trinajstić information content (AvgIpc) is 3.62. The highest BCUT2D eigenvalue weighted by Crippen LogP contribution is 2.35. The van der Waals surface area contributed by atoms with Crippen LogP contribution in [0.15, 0.2) is 63.4 Å². The number of aromatic nitrogens is 4. The third-order valence-corrected chi connectivity index (χ3v) is 7.89. The number of aryl methyl sites for hydroxylation is 2. The molecule has 3 heterocycles. The van der Waals surface area contributed by atoms with E-state index in [2.05, 4.69) is 15.5 Å². The third-order valence-electron chi connectivity index (χ3n) is 5.89. The number of nitrogens with zero attached hydrogens (tertiary/aromatic N) is 4. The summed E-state index contributed by atoms with van der Waals surface area (Å²) >= 11 is 3.10. The quantitative estimate of drug-likeness (QED) is 0.304. The summed E-state index contributed by atoms with van der Waals surface area (Å²) in [7, 11) is 0. The number of para-hydroxylation sites is 2. The van der Waals surface area contributed by atoms with Gasteiger partial charge in [-0.25, -0.2) is 4.68 Å². The first-order chi connectivity index (χ1) is 16.7. The van der Waals surface area contributed by atoms with Crippen molar-refractivity contribution in [1.29, 1.82) is 0 Å². The van der Waals surface area contributed by atoms with Crippen LogP contribution in [0.4, 0.5) is 5.82 Å². The Balaban J connectivity index is 1.37. The van der Waals surface area contributed by atoms with Crippen LogP contribution in [0.25, 0.3) is 16.7 Å². The maximum absolute atomic E-state index is 13.6. The molecule has 0 fully saturated rings. The SMILES string of the molecule is Cc1nnc(SCc2c(C(=O)Nc3c4c(nn3-c3ccccc3)CCC4)oc3ccccc23)s1. The first-order valence-electron chi connectivity index (χ1n) is 11.1. The second kappa shape index (κ2) is 8.73. The lowest BCUT2D eigenvalue weighted by atomic mass is 10.1. The van der Waals surface area contributed by atoms with Gasteiger partial charge in [0.15, 0.2) is 10.1 Å². The number of carbonyl (C=O) groups excluding carboxylic acids is 1. The molecule has 3 aromatic heterocycles. The van der Waals surface area contributed by atoms with E-state index in [0.717, 1.165) is 62.3 Å². The Morgan fingerprint density at radius 1 is 1.12 bits per heavy atom. The fraction of sp³-hybridized carbons (Fsp3) is 0.200. The Labute approximate surface area is 204 Å². The number of fused-ring (bicyclic) bond motifs is 2. The monoisotopic (exact) mass is 487 g/mol. The topological polar surface area (TPSA) is 85.8 Å². The van der Waals surface area contributed by atoms with Crippen molar-refractivity contribution in [2.75, 3.05) is 5.32 Å². The maximum atomic E-state index is 13.6. The lowest BCUT2D eigenvalue weighted by Gasteiger charge is -2.11. The van der Waals surface area contributed by atoms with Crippen LogP contribution in [0.3, 0.4) is 0 Å². The summed E-state index contributed by atoms with van der Waals surface area (Å²) in [6.45, 7) is 1.93. The van der Waals surface area contributed by atoms with E-state index in [1.807, 2.05) is 66.2 Å². The minimum absolute atomic E-state index is 0.271. The van der Waals surface area contributed by atoms with Crippen molar-refractivity contribution in [2.24, 2.45) is 0 Å². The number of carbonyl (C=O) groups is 1. The van der Waals surface area contributed by atoms with Gasteiger partial charge in [-0.05, 0) is 44.4 Å². The normalized spacial score (nSPS) is 12.9. The second-order valence-corrected chi connectivity index (χ2v) is 10.5. The van der Waals surface area contributed by atoms with E-state index in [0.29, 0.717) is 17.1 Å². The molecule has 0 bridgehead atoms. The van der Waals surface area contributed by atoms with E-state index >= 15 is 0 Å². The molecule has 170 valence electrons. The van der Waals surface area contributed by atoms with Gasteiger partial charge in [-0.3, -0.25) is 4.79 Å². The fourth-order valence-electron chi connectivity index (χ4n) is 4.34. The summed E-state index contributed by atoms with van der Waals surface area (Å²) in [5.74, 6) is 1.34. The van der Waals surface area contributed by atoms with Crippen LogP contribution in [0.1, 0.15) is 38.8 Å². The van der Waals surface area contributed by atoms with Gasteiger partial charge in [0.05, 0.1) is 11.4 Å². The number of benzene rings is 2. The van der Waals surface area contributed by atoms with Gasteiger partial charge in [0.2, 0.25) is 0 Å². The van der Waals surface area contributed by atoms with E-state index in [9.17, 15) is 4.79 Å². The first-order valence-corrected chi connectivity index (χ1v) is 12.9. The number of thioether (sulfide) groups is 1. The highest BCUT2D eigenvalue weighted by molar-refractivity contribution is 8.00. The van der Waals surface area contributed by atoms with E-state index in [-0.39, 0.29) is 5.91 Å². The number of anilines is 1. The molecule has 1 amide bonds. The smallest absolute Gasteiger partial charge is 0.292 e. The van der Waals surface area contributed by atoms with Crippen LogP contribution in [-0.2, 0) is 18.6 Å². The summed E-state index contributed by atoms with van der Waals surface area (Å²) < 4.78 is 8.79. The highest BCUT2D eigenvalue weighted by Gasteiger charge is 2.27. The molecule has 9 heteroatoms. The summed E-state index contributed by atoms with van der Waals surface area (Å²) in [6, 6.07) is 17.6. The lowest BCUT2D eigenvalue weighted by molar-refractivity contribution is 0.0997. The molecule has 1 aliphatic carbocycles. The molecular weight excluding hydrogens is 466 g/mol. The minimum Gasteiger partial charge on any atom is -0.451 e. The number of hydrogen-bond donors (Lipinski definition) is 1. The van der Waals surface area contributed by atoms with Gasteiger partial charge in [-0.15, -0.1) is 10.2 Å². The first kappa shape index (κ1) is 21.1. The number of furan rings is 1. The van der Waals surface area contributed by atoms with Crippen molar-refractivity contribution in [3.05, 3.63) is 82.2 Å². The Bertz CT molecular complexity index is 1500. The van der Waals surface area contributed by atoms with Gasteiger partial charge in [-0.1, -0.05) is 59.5 Å². The molecule has 34 heavy (non-hydrogen) atoms. The zero-order chi connectivity index (χ0) is 23.1. The molecule has 5 aromatic rings. The highest BCUT2D eigenvalue weighted by atomic mass is 32.2. The van der Waals surface area contributed by atoms with Crippen molar-refractivity contribution in [3.8, 4) is 5.69 Å². The molecule has 6 rings (SSSR count). The van der Waals surface area contributed by atoms with Crippen molar-refractivity contribution in [1.82, 2.24) is 20.0 Å². The summed E-state index contributed by atoms with van der Waals surface area (Å²) in [5, 5.41) is 18.1. The number of amides is 1. The van der Waals surface area contributed by atoms with Crippen molar-refractivity contribution < 1.29 is 9.21 Å². The molecule has 1 N–H and O–H groups in total. The Morgan fingerprint density at radius 2 is 1.94 bits per heavy atom. The Hall–Kier alpha value is -3.43. The van der Waals surface area contributed by atoms with E-state index in [1.54, 1.807) is 23.1 Å². The number of nitrogens with one attached hydrogen (secondary N) is 1. The van der Waals surface area contributed by atoms with Crippen molar-refractivity contribution in [3.63, 3.8) is 0 Å². The molecular formula is C25H21N5O2S2. The zero-order valence-corrected chi connectivity index (χ0v) is 20.1. The van der Waals surface area contributed by atoms with Crippen molar-refractivity contribution >= 4 is 45.8 Å². The van der Waals surface area contributed by atoms with Crippen LogP contribution in [0, 0.1) is 6.92 Å². The number of rotatable bonds is 6. The van der Waals surface area contributed by atoms with Crippen LogP contribution in [-0.4, -0.2) is 25.9 Å². The maximum Gasteiger partial charge on any atom is 0.292 e. The fourth-order valence-corrected chi connectivity index (χ4v) is 6.18. The molecule has 0 saturated carbocycles. The summed E-state index contributed by atoms with van der Waals surface area (Å²) in [4.78, 5) is 13.6. The second-order valence-electron chi connectivity index (χ2n) is 8.11. The summed E-state index contributed by atoms with van der Waals surface area (Å²) in [6.07, 6.45) is 2.87.